The van der Waals surface area contributed by atoms with E-state index in [0.29, 0.717) is 5.92 Å². The molecule has 2 unspecified atom stereocenters. The summed E-state index contributed by atoms with van der Waals surface area (Å²) in [6.45, 7) is 1.59. The van der Waals surface area contributed by atoms with Gasteiger partial charge in [0.15, 0.2) is 0 Å². The second kappa shape index (κ2) is 5.02. The van der Waals surface area contributed by atoms with Crippen LogP contribution in [0.25, 0.3) is 10.8 Å². The summed E-state index contributed by atoms with van der Waals surface area (Å²) in [4.78, 5) is 10.7. The zero-order valence-corrected chi connectivity index (χ0v) is 10.7. The van der Waals surface area contributed by atoms with Crippen LogP contribution in [0.5, 0.6) is 0 Å². The number of carboxylic acids is 1. The fourth-order valence-electron chi connectivity index (χ4n) is 2.53. The quantitative estimate of drug-likeness (QED) is 0.863. The lowest BCUT2D eigenvalue weighted by atomic mass is 10.1. The second-order valence-corrected chi connectivity index (χ2v) is 5.25. The van der Waals surface area contributed by atoms with Gasteiger partial charge in [-0.05, 0) is 41.3 Å². The number of hydrogen-bond donors (Lipinski definition) is 2. The minimum Gasteiger partial charge on any atom is -0.481 e. The molecule has 1 aliphatic carbocycles. The van der Waals surface area contributed by atoms with Crippen LogP contribution in [0.2, 0.25) is 0 Å². The van der Waals surface area contributed by atoms with Gasteiger partial charge >= 0.3 is 5.97 Å². The smallest absolute Gasteiger partial charge is 0.306 e. The maximum absolute atomic E-state index is 10.7. The third kappa shape index (κ3) is 2.76. The summed E-state index contributed by atoms with van der Waals surface area (Å²) in [6, 6.07) is 14.7. The van der Waals surface area contributed by atoms with Gasteiger partial charge in [0.25, 0.3) is 0 Å². The van der Waals surface area contributed by atoms with Gasteiger partial charge in [0.2, 0.25) is 0 Å². The van der Waals surface area contributed by atoms with E-state index in [1.54, 1.807) is 0 Å². The number of fused-ring (bicyclic) bond motifs is 1. The van der Waals surface area contributed by atoms with Gasteiger partial charge in [0.1, 0.15) is 0 Å². The van der Waals surface area contributed by atoms with Crippen molar-refractivity contribution in [3.05, 3.63) is 48.0 Å². The summed E-state index contributed by atoms with van der Waals surface area (Å²) in [7, 11) is 0. The van der Waals surface area contributed by atoms with E-state index in [2.05, 4.69) is 35.6 Å². The molecule has 0 aliphatic heterocycles. The van der Waals surface area contributed by atoms with Gasteiger partial charge in [0.05, 0.1) is 5.92 Å². The number of benzene rings is 2. The Bertz CT molecular complexity index is 608. The van der Waals surface area contributed by atoms with E-state index in [-0.39, 0.29) is 5.92 Å². The van der Waals surface area contributed by atoms with Gasteiger partial charge in [-0.15, -0.1) is 0 Å². The number of carboxylic acid groups (broad SMARTS) is 1. The molecule has 0 aromatic heterocycles. The summed E-state index contributed by atoms with van der Waals surface area (Å²) >= 11 is 0. The standard InChI is InChI=1S/C16H17NO2/c18-16(19)15-8-14(15)10-17-9-11-5-6-12-3-1-2-4-13(12)7-11/h1-7,14-15,17H,8-10H2,(H,18,19). The molecule has 2 aromatic rings. The summed E-state index contributed by atoms with van der Waals surface area (Å²) in [5, 5.41) is 14.7. The normalized spacial score (nSPS) is 21.5. The number of hydrogen-bond acceptors (Lipinski definition) is 2. The molecule has 0 heterocycles. The average molecular weight is 255 g/mol. The van der Waals surface area contributed by atoms with Crippen molar-refractivity contribution in [2.75, 3.05) is 6.54 Å². The van der Waals surface area contributed by atoms with Crippen molar-refractivity contribution in [1.82, 2.24) is 5.32 Å². The number of nitrogens with one attached hydrogen (secondary N) is 1. The minimum atomic E-state index is -0.655. The molecule has 0 amide bonds. The Morgan fingerprint density at radius 1 is 1.21 bits per heavy atom. The zero-order chi connectivity index (χ0) is 13.2. The Balaban J connectivity index is 1.56. The van der Waals surface area contributed by atoms with Gasteiger partial charge in [0, 0.05) is 6.54 Å². The molecule has 3 rings (SSSR count). The van der Waals surface area contributed by atoms with Crippen molar-refractivity contribution < 1.29 is 9.90 Å². The van der Waals surface area contributed by atoms with Crippen LogP contribution in [-0.4, -0.2) is 17.6 Å². The van der Waals surface area contributed by atoms with Gasteiger partial charge in [-0.25, -0.2) is 0 Å². The first-order chi connectivity index (χ1) is 9.24. The maximum Gasteiger partial charge on any atom is 0.306 e. The van der Waals surface area contributed by atoms with Crippen LogP contribution < -0.4 is 5.32 Å². The Labute approximate surface area is 112 Å². The Hall–Kier alpha value is -1.87. The molecule has 2 N–H and O–H groups in total. The molecule has 1 fully saturated rings. The highest BCUT2D eigenvalue weighted by molar-refractivity contribution is 5.82. The van der Waals surface area contributed by atoms with Crippen LogP contribution in [0.15, 0.2) is 42.5 Å². The predicted octanol–water partition coefficient (Wildman–Crippen LogP) is 2.65. The highest BCUT2D eigenvalue weighted by Gasteiger charge is 2.42. The average Bonchev–Trinajstić information content (AvgIpc) is 3.18. The molecule has 0 spiro atoms. The topological polar surface area (TPSA) is 49.3 Å². The number of rotatable bonds is 5. The molecule has 2 aromatic carbocycles. The van der Waals surface area contributed by atoms with E-state index in [1.165, 1.54) is 16.3 Å². The van der Waals surface area contributed by atoms with Crippen LogP contribution in [0, 0.1) is 11.8 Å². The zero-order valence-electron chi connectivity index (χ0n) is 10.7. The first kappa shape index (κ1) is 12.2. The lowest BCUT2D eigenvalue weighted by Gasteiger charge is -2.05. The second-order valence-electron chi connectivity index (χ2n) is 5.25. The van der Waals surface area contributed by atoms with Crippen molar-refractivity contribution in [2.45, 2.75) is 13.0 Å². The van der Waals surface area contributed by atoms with E-state index in [0.717, 1.165) is 19.5 Å². The minimum absolute atomic E-state index is 0.121. The molecule has 0 saturated heterocycles. The molecule has 19 heavy (non-hydrogen) atoms. The summed E-state index contributed by atoms with van der Waals surface area (Å²) in [5.74, 6) is -0.459. The van der Waals surface area contributed by atoms with Crippen molar-refractivity contribution in [2.24, 2.45) is 11.8 Å². The van der Waals surface area contributed by atoms with Gasteiger partial charge in [-0.3, -0.25) is 4.79 Å². The van der Waals surface area contributed by atoms with Gasteiger partial charge in [-0.2, -0.15) is 0 Å². The third-order valence-corrected chi connectivity index (χ3v) is 3.79. The van der Waals surface area contributed by atoms with Crippen molar-refractivity contribution >= 4 is 16.7 Å². The van der Waals surface area contributed by atoms with Crippen LogP contribution in [0.1, 0.15) is 12.0 Å². The largest absolute Gasteiger partial charge is 0.481 e. The van der Waals surface area contributed by atoms with Crippen LogP contribution in [0.4, 0.5) is 0 Å². The fraction of sp³-hybridized carbons (Fsp3) is 0.312. The molecule has 3 nitrogen and oxygen atoms in total. The molecule has 1 saturated carbocycles. The summed E-state index contributed by atoms with van der Waals surface area (Å²) < 4.78 is 0. The molecule has 1 aliphatic rings. The van der Waals surface area contributed by atoms with Gasteiger partial charge < -0.3 is 10.4 Å². The lowest BCUT2D eigenvalue weighted by molar-refractivity contribution is -0.138. The van der Waals surface area contributed by atoms with Crippen LogP contribution in [0.3, 0.4) is 0 Å². The molecule has 98 valence electrons. The Morgan fingerprint density at radius 3 is 2.74 bits per heavy atom. The fourth-order valence-corrected chi connectivity index (χ4v) is 2.53. The van der Waals surface area contributed by atoms with E-state index < -0.39 is 5.97 Å². The highest BCUT2D eigenvalue weighted by atomic mass is 16.4. The molecular weight excluding hydrogens is 238 g/mol. The van der Waals surface area contributed by atoms with E-state index >= 15 is 0 Å². The van der Waals surface area contributed by atoms with E-state index in [1.807, 2.05) is 12.1 Å². The van der Waals surface area contributed by atoms with Crippen LogP contribution in [-0.2, 0) is 11.3 Å². The first-order valence-electron chi connectivity index (χ1n) is 6.65. The number of aliphatic carboxylic acids is 1. The molecule has 3 heteroatoms. The molecule has 0 bridgehead atoms. The lowest BCUT2D eigenvalue weighted by Crippen LogP contribution is -2.18. The Kier molecular flexibility index (Phi) is 3.22. The predicted molar refractivity (Wildman–Crippen MR) is 74.9 cm³/mol. The molecular formula is C16H17NO2. The van der Waals surface area contributed by atoms with Crippen molar-refractivity contribution in [1.29, 1.82) is 0 Å². The van der Waals surface area contributed by atoms with Crippen LogP contribution >= 0.6 is 0 Å². The monoisotopic (exact) mass is 255 g/mol. The van der Waals surface area contributed by atoms with Crippen molar-refractivity contribution in [3.8, 4) is 0 Å². The van der Waals surface area contributed by atoms with Crippen molar-refractivity contribution in [3.63, 3.8) is 0 Å². The van der Waals surface area contributed by atoms with Gasteiger partial charge in [-0.1, -0.05) is 36.4 Å². The Morgan fingerprint density at radius 2 is 2.00 bits per heavy atom. The molecule has 2 atom stereocenters. The third-order valence-electron chi connectivity index (χ3n) is 3.79. The maximum atomic E-state index is 10.7. The number of carbonyl (C=O) groups is 1. The van der Waals surface area contributed by atoms with E-state index in [9.17, 15) is 4.79 Å². The van der Waals surface area contributed by atoms with E-state index in [4.69, 9.17) is 5.11 Å². The molecule has 0 radical (unpaired) electrons. The SMILES string of the molecule is O=C(O)C1CC1CNCc1ccc2ccccc2c1. The summed E-state index contributed by atoms with van der Waals surface area (Å²) in [6.07, 6.45) is 0.819. The highest BCUT2D eigenvalue weighted by Crippen LogP contribution is 2.37. The summed E-state index contributed by atoms with van der Waals surface area (Å²) in [5.41, 5.74) is 1.24. The first-order valence-corrected chi connectivity index (χ1v) is 6.65.